The zero-order valence-electron chi connectivity index (χ0n) is 17.7. The smallest absolute Gasteiger partial charge is 0.265 e. The first kappa shape index (κ1) is 23.1. The number of carbonyl (C=O) groups is 2. The summed E-state index contributed by atoms with van der Waals surface area (Å²) in [6.07, 6.45) is 0. The molecule has 0 saturated carbocycles. The molecule has 4 rings (SSSR count). The van der Waals surface area contributed by atoms with Crippen LogP contribution in [0, 0.1) is 11.3 Å². The summed E-state index contributed by atoms with van der Waals surface area (Å²) in [6.45, 7) is 0.289. The molecule has 0 bridgehead atoms. The summed E-state index contributed by atoms with van der Waals surface area (Å²) in [4.78, 5) is 25.7. The van der Waals surface area contributed by atoms with E-state index in [0.29, 0.717) is 38.2 Å². The van der Waals surface area contributed by atoms with Crippen LogP contribution in [0.3, 0.4) is 0 Å². The number of nitrogens with one attached hydrogen (secondary N) is 2. The summed E-state index contributed by atoms with van der Waals surface area (Å²) < 4.78 is 5.81. The fourth-order valence-electron chi connectivity index (χ4n) is 3.12. The summed E-state index contributed by atoms with van der Waals surface area (Å²) in [7, 11) is 0. The van der Waals surface area contributed by atoms with E-state index in [4.69, 9.17) is 21.6 Å². The average Bonchev–Trinajstić information content (AvgIpc) is 3.40. The van der Waals surface area contributed by atoms with Crippen molar-refractivity contribution < 1.29 is 14.3 Å². The molecule has 34 heavy (non-hydrogen) atoms. The van der Waals surface area contributed by atoms with Crippen molar-refractivity contribution in [3.63, 3.8) is 0 Å². The van der Waals surface area contributed by atoms with Crippen LogP contribution >= 0.6 is 22.9 Å². The van der Waals surface area contributed by atoms with E-state index in [0.717, 1.165) is 5.56 Å². The van der Waals surface area contributed by atoms with E-state index in [1.807, 2.05) is 11.4 Å². The first-order chi connectivity index (χ1) is 16.5. The Hall–Kier alpha value is -4.12. The Bertz CT molecular complexity index is 1380. The highest BCUT2D eigenvalue weighted by Gasteiger charge is 2.13. The van der Waals surface area contributed by atoms with E-state index < -0.39 is 0 Å². The predicted octanol–water partition coefficient (Wildman–Crippen LogP) is 6.36. The van der Waals surface area contributed by atoms with Gasteiger partial charge in [0, 0.05) is 17.3 Å². The maximum Gasteiger partial charge on any atom is 0.265 e. The second-order valence-corrected chi connectivity index (χ2v) is 8.56. The maximum atomic E-state index is 12.8. The van der Waals surface area contributed by atoms with Gasteiger partial charge in [-0.3, -0.25) is 9.59 Å². The molecule has 3 aromatic carbocycles. The quantitative estimate of drug-likeness (QED) is 0.317. The monoisotopic (exact) mass is 487 g/mol. The molecule has 8 heteroatoms. The molecule has 0 spiro atoms. The molecule has 2 N–H and O–H groups in total. The van der Waals surface area contributed by atoms with E-state index in [1.165, 1.54) is 17.4 Å². The number of ether oxygens (including phenoxy) is 1. The highest BCUT2D eigenvalue weighted by Crippen LogP contribution is 2.26. The molecule has 6 nitrogen and oxygen atoms in total. The second-order valence-electron chi connectivity index (χ2n) is 7.21. The zero-order chi connectivity index (χ0) is 23.9. The van der Waals surface area contributed by atoms with Gasteiger partial charge in [0.15, 0.2) is 0 Å². The molecular formula is C26H18ClN3O3S. The van der Waals surface area contributed by atoms with Crippen molar-refractivity contribution in [2.24, 2.45) is 0 Å². The number of benzene rings is 3. The topological polar surface area (TPSA) is 91.2 Å². The van der Waals surface area contributed by atoms with Gasteiger partial charge in [0.1, 0.15) is 12.4 Å². The van der Waals surface area contributed by atoms with Crippen LogP contribution in [0.2, 0.25) is 5.02 Å². The van der Waals surface area contributed by atoms with Crippen LogP contribution in [-0.4, -0.2) is 11.8 Å². The Kier molecular flexibility index (Phi) is 7.23. The third-order valence-electron chi connectivity index (χ3n) is 4.78. The lowest BCUT2D eigenvalue weighted by molar-refractivity contribution is 0.101. The second kappa shape index (κ2) is 10.7. The molecule has 2 amide bonds. The van der Waals surface area contributed by atoms with Crippen LogP contribution < -0.4 is 15.4 Å². The molecule has 0 aliphatic heterocycles. The van der Waals surface area contributed by atoms with Gasteiger partial charge in [-0.05, 0) is 59.5 Å². The van der Waals surface area contributed by atoms with Crippen LogP contribution in [-0.2, 0) is 6.61 Å². The van der Waals surface area contributed by atoms with Gasteiger partial charge in [-0.15, -0.1) is 11.3 Å². The number of hydrogen-bond donors (Lipinski definition) is 2. The van der Waals surface area contributed by atoms with E-state index in [2.05, 4.69) is 16.7 Å². The fraction of sp³-hybridized carbons (Fsp3) is 0.0385. The van der Waals surface area contributed by atoms with Crippen molar-refractivity contribution in [2.45, 2.75) is 6.61 Å². The van der Waals surface area contributed by atoms with Gasteiger partial charge >= 0.3 is 0 Å². The van der Waals surface area contributed by atoms with Gasteiger partial charge in [-0.2, -0.15) is 5.26 Å². The normalized spacial score (nSPS) is 10.2. The Morgan fingerprint density at radius 1 is 0.941 bits per heavy atom. The Labute approximate surface area is 205 Å². The minimum atomic E-state index is -0.359. The van der Waals surface area contributed by atoms with Gasteiger partial charge < -0.3 is 15.4 Å². The summed E-state index contributed by atoms with van der Waals surface area (Å²) in [5, 5.41) is 16.7. The molecular weight excluding hydrogens is 470 g/mol. The first-order valence-corrected chi connectivity index (χ1v) is 11.5. The average molecular weight is 488 g/mol. The van der Waals surface area contributed by atoms with Crippen LogP contribution in [0.5, 0.6) is 5.75 Å². The summed E-state index contributed by atoms with van der Waals surface area (Å²) in [6, 6.07) is 24.5. The largest absolute Gasteiger partial charge is 0.489 e. The predicted molar refractivity (Wildman–Crippen MR) is 134 cm³/mol. The zero-order valence-corrected chi connectivity index (χ0v) is 19.3. The number of halogens is 1. The van der Waals surface area contributed by atoms with Gasteiger partial charge in [-0.1, -0.05) is 35.9 Å². The highest BCUT2D eigenvalue weighted by molar-refractivity contribution is 7.12. The number of thiophene rings is 1. The molecule has 1 aromatic heterocycles. The van der Waals surface area contributed by atoms with E-state index in [-0.39, 0.29) is 18.4 Å². The number of carbonyl (C=O) groups excluding carboxylic acids is 2. The minimum absolute atomic E-state index is 0.289. The first-order valence-electron chi connectivity index (χ1n) is 10.2. The lowest BCUT2D eigenvalue weighted by Gasteiger charge is -2.11. The molecule has 0 fully saturated rings. The molecule has 0 atom stereocenters. The number of nitrogens with zero attached hydrogens (tertiary/aromatic N) is 1. The number of nitriles is 1. The van der Waals surface area contributed by atoms with Crippen molar-refractivity contribution in [3.05, 3.63) is 111 Å². The third kappa shape index (κ3) is 5.81. The van der Waals surface area contributed by atoms with Gasteiger partial charge in [-0.25, -0.2) is 0 Å². The maximum absolute atomic E-state index is 12.8. The van der Waals surface area contributed by atoms with Crippen LogP contribution in [0.4, 0.5) is 11.4 Å². The number of anilines is 2. The van der Waals surface area contributed by atoms with Crippen LogP contribution in [0.1, 0.15) is 31.2 Å². The third-order valence-corrected chi connectivity index (χ3v) is 5.97. The summed E-state index contributed by atoms with van der Waals surface area (Å²) in [5.41, 5.74) is 2.67. The van der Waals surface area contributed by atoms with Gasteiger partial charge in [0.05, 0.1) is 27.2 Å². The number of rotatable bonds is 7. The van der Waals surface area contributed by atoms with Gasteiger partial charge in [0.25, 0.3) is 11.8 Å². The molecule has 0 radical (unpaired) electrons. The Balaban J connectivity index is 1.42. The van der Waals surface area contributed by atoms with Crippen molar-refractivity contribution >= 4 is 46.1 Å². The Morgan fingerprint density at radius 2 is 1.79 bits per heavy atom. The lowest BCUT2D eigenvalue weighted by atomic mass is 10.1. The molecule has 168 valence electrons. The molecule has 4 aromatic rings. The van der Waals surface area contributed by atoms with Crippen molar-refractivity contribution in [3.8, 4) is 11.8 Å². The summed E-state index contributed by atoms with van der Waals surface area (Å²) in [5.74, 6) is -0.0815. The molecule has 1 heterocycles. The van der Waals surface area contributed by atoms with Crippen LogP contribution in [0.25, 0.3) is 0 Å². The SMILES string of the molecule is N#Cc1cccc(COc2cccc(NC(=O)c3ccc(Cl)c(NC(=O)c4cccs4)c3)c2)c1. The van der Waals surface area contributed by atoms with Crippen molar-refractivity contribution in [2.75, 3.05) is 10.6 Å². The number of amides is 2. The fourth-order valence-corrected chi connectivity index (χ4v) is 3.90. The highest BCUT2D eigenvalue weighted by atomic mass is 35.5. The van der Waals surface area contributed by atoms with Gasteiger partial charge in [0.2, 0.25) is 0 Å². The van der Waals surface area contributed by atoms with Crippen molar-refractivity contribution in [1.29, 1.82) is 5.26 Å². The summed E-state index contributed by atoms with van der Waals surface area (Å²) >= 11 is 7.53. The van der Waals surface area contributed by atoms with E-state index >= 15 is 0 Å². The van der Waals surface area contributed by atoms with Crippen molar-refractivity contribution in [1.82, 2.24) is 0 Å². The molecule has 0 aliphatic rings. The minimum Gasteiger partial charge on any atom is -0.489 e. The standard InChI is InChI=1S/C26H18ClN3O3S/c27-22-10-9-19(13-23(22)30-26(32)24-8-3-11-34-24)25(31)29-20-6-2-7-21(14-20)33-16-18-5-1-4-17(12-18)15-28/h1-14H,16H2,(H,29,31)(H,30,32). The number of hydrogen-bond acceptors (Lipinski definition) is 5. The van der Waals surface area contributed by atoms with E-state index in [1.54, 1.807) is 66.7 Å². The molecule has 0 unspecified atom stereocenters. The molecule has 0 saturated heterocycles. The lowest BCUT2D eigenvalue weighted by Crippen LogP contribution is -2.14. The molecule has 0 aliphatic carbocycles. The van der Waals surface area contributed by atoms with Crippen LogP contribution in [0.15, 0.2) is 84.2 Å². The Morgan fingerprint density at radius 3 is 2.59 bits per heavy atom. The van der Waals surface area contributed by atoms with E-state index in [9.17, 15) is 9.59 Å².